The molecule has 0 spiro atoms. The Morgan fingerprint density at radius 1 is 1.40 bits per heavy atom. The largest absolute Gasteiger partial charge is 0.481 e. The van der Waals surface area contributed by atoms with E-state index < -0.39 is 23.4 Å². The third-order valence-corrected chi connectivity index (χ3v) is 2.79. The average Bonchev–Trinajstić information content (AvgIpc) is 2.50. The molecule has 0 saturated heterocycles. The number of carboxylic acids is 1. The van der Waals surface area contributed by atoms with Crippen molar-refractivity contribution in [3.8, 4) is 0 Å². The van der Waals surface area contributed by atoms with E-state index in [-0.39, 0.29) is 5.01 Å². The Balaban J connectivity index is 3.10. The molecule has 0 unspecified atom stereocenters. The highest BCUT2D eigenvalue weighted by molar-refractivity contribution is 7.05. The molecule has 0 aliphatic heterocycles. The van der Waals surface area contributed by atoms with Gasteiger partial charge in [-0.25, -0.2) is 4.98 Å². The Labute approximate surface area is 86.9 Å². The predicted octanol–water partition coefficient (Wildman–Crippen LogP) is 1.92. The summed E-state index contributed by atoms with van der Waals surface area (Å²) in [6, 6.07) is 0. The quantitative estimate of drug-likeness (QED) is 0.857. The lowest BCUT2D eigenvalue weighted by Crippen LogP contribution is -2.28. The normalized spacial score (nSPS) is 12.9. The molecule has 15 heavy (non-hydrogen) atoms. The van der Waals surface area contributed by atoms with E-state index in [2.05, 4.69) is 9.36 Å². The summed E-state index contributed by atoms with van der Waals surface area (Å²) in [6.45, 7) is 2.55. The number of carboxylic acid groups (broad SMARTS) is 1. The molecule has 8 heteroatoms. The van der Waals surface area contributed by atoms with Gasteiger partial charge >= 0.3 is 12.1 Å². The molecule has 0 aliphatic carbocycles. The van der Waals surface area contributed by atoms with Crippen molar-refractivity contribution in [2.75, 3.05) is 0 Å². The first kappa shape index (κ1) is 11.9. The third kappa shape index (κ3) is 2.25. The molecule has 84 valence electrons. The molecule has 1 N–H and O–H groups in total. The van der Waals surface area contributed by atoms with Crippen molar-refractivity contribution in [3.05, 3.63) is 10.8 Å². The van der Waals surface area contributed by atoms with Gasteiger partial charge in [0.2, 0.25) is 5.82 Å². The number of carbonyl (C=O) groups is 1. The van der Waals surface area contributed by atoms with Crippen molar-refractivity contribution >= 4 is 17.5 Å². The fourth-order valence-corrected chi connectivity index (χ4v) is 1.44. The second-order valence-corrected chi connectivity index (χ2v) is 4.10. The van der Waals surface area contributed by atoms with Crippen LogP contribution in [0.2, 0.25) is 0 Å². The molecule has 1 aromatic heterocycles. The van der Waals surface area contributed by atoms with E-state index in [0.29, 0.717) is 11.5 Å². The number of hydrogen-bond acceptors (Lipinski definition) is 4. The number of aromatic nitrogens is 2. The third-order valence-electron chi connectivity index (χ3n) is 1.75. The molecule has 0 amide bonds. The standard InChI is InChI=1S/C7H7F3N2O2S/c1-6(2,5(13)14)4-11-3(12-15-4)7(8,9)10/h1-2H3,(H,13,14). The summed E-state index contributed by atoms with van der Waals surface area (Å²) in [6.07, 6.45) is -4.64. The highest BCUT2D eigenvalue weighted by atomic mass is 32.1. The predicted molar refractivity (Wildman–Crippen MR) is 45.6 cm³/mol. The molecule has 0 aromatic carbocycles. The van der Waals surface area contributed by atoms with Crippen molar-refractivity contribution in [3.63, 3.8) is 0 Å². The fraction of sp³-hybridized carbons (Fsp3) is 0.571. The van der Waals surface area contributed by atoms with Crippen molar-refractivity contribution in [1.29, 1.82) is 0 Å². The van der Waals surface area contributed by atoms with Crippen LogP contribution >= 0.6 is 11.5 Å². The van der Waals surface area contributed by atoms with Crippen LogP contribution in [-0.2, 0) is 16.4 Å². The Bertz CT molecular complexity index is 386. The summed E-state index contributed by atoms with van der Waals surface area (Å²) in [4.78, 5) is 13.9. The van der Waals surface area contributed by atoms with Crippen LogP contribution in [0.1, 0.15) is 24.7 Å². The minimum atomic E-state index is -4.64. The van der Waals surface area contributed by atoms with E-state index >= 15 is 0 Å². The van der Waals surface area contributed by atoms with Gasteiger partial charge in [-0.2, -0.15) is 17.5 Å². The van der Waals surface area contributed by atoms with E-state index in [1.54, 1.807) is 0 Å². The maximum absolute atomic E-state index is 12.1. The second kappa shape index (κ2) is 3.44. The number of nitrogens with zero attached hydrogens (tertiary/aromatic N) is 2. The van der Waals surface area contributed by atoms with Gasteiger partial charge in [0.05, 0.1) is 0 Å². The zero-order chi connectivity index (χ0) is 11.9. The lowest BCUT2D eigenvalue weighted by Gasteiger charge is -2.14. The highest BCUT2D eigenvalue weighted by Gasteiger charge is 2.40. The van der Waals surface area contributed by atoms with Gasteiger partial charge in [-0.05, 0) is 25.4 Å². The summed E-state index contributed by atoms with van der Waals surface area (Å²) in [7, 11) is 0. The van der Waals surface area contributed by atoms with Gasteiger partial charge in [-0.15, -0.1) is 0 Å². The summed E-state index contributed by atoms with van der Waals surface area (Å²) in [5, 5.41) is 8.60. The van der Waals surface area contributed by atoms with Gasteiger partial charge in [0, 0.05) is 0 Å². The highest BCUT2D eigenvalue weighted by Crippen LogP contribution is 2.31. The van der Waals surface area contributed by atoms with Crippen LogP contribution in [0.5, 0.6) is 0 Å². The van der Waals surface area contributed by atoms with E-state index in [4.69, 9.17) is 5.11 Å². The molecule has 1 rings (SSSR count). The molecule has 0 saturated carbocycles. The number of aliphatic carboxylic acids is 1. The fourth-order valence-electron chi connectivity index (χ4n) is 0.684. The average molecular weight is 240 g/mol. The molecule has 1 heterocycles. The van der Waals surface area contributed by atoms with Crippen molar-refractivity contribution in [2.24, 2.45) is 0 Å². The molecular weight excluding hydrogens is 233 g/mol. The summed E-state index contributed by atoms with van der Waals surface area (Å²) in [5.74, 6) is -2.54. The van der Waals surface area contributed by atoms with Gasteiger partial charge in [0.1, 0.15) is 10.4 Å². The molecular formula is C7H7F3N2O2S. The van der Waals surface area contributed by atoms with Crippen molar-refractivity contribution < 1.29 is 23.1 Å². The number of alkyl halides is 3. The van der Waals surface area contributed by atoms with Gasteiger partial charge in [0.15, 0.2) is 0 Å². The molecule has 0 fully saturated rings. The zero-order valence-corrected chi connectivity index (χ0v) is 8.61. The van der Waals surface area contributed by atoms with Crippen LogP contribution in [0.25, 0.3) is 0 Å². The minimum Gasteiger partial charge on any atom is -0.481 e. The Kier molecular flexibility index (Phi) is 2.73. The number of halogens is 3. The molecule has 0 radical (unpaired) electrons. The SMILES string of the molecule is CC(C)(C(=O)O)c1nc(C(F)(F)F)ns1. The lowest BCUT2D eigenvalue weighted by molar-refractivity contribution is -0.145. The van der Waals surface area contributed by atoms with Gasteiger partial charge < -0.3 is 5.11 Å². The Morgan fingerprint density at radius 3 is 2.27 bits per heavy atom. The summed E-state index contributed by atoms with van der Waals surface area (Å²) < 4.78 is 39.5. The maximum Gasteiger partial charge on any atom is 0.452 e. The molecule has 0 atom stereocenters. The van der Waals surface area contributed by atoms with Gasteiger partial charge in [-0.3, -0.25) is 4.79 Å². The molecule has 0 bridgehead atoms. The number of hydrogen-bond donors (Lipinski definition) is 1. The zero-order valence-electron chi connectivity index (χ0n) is 7.79. The topological polar surface area (TPSA) is 63.1 Å². The first-order chi connectivity index (χ1) is 6.65. The molecule has 4 nitrogen and oxygen atoms in total. The number of rotatable bonds is 2. The van der Waals surface area contributed by atoms with Crippen molar-refractivity contribution in [2.45, 2.75) is 25.4 Å². The smallest absolute Gasteiger partial charge is 0.452 e. The summed E-state index contributed by atoms with van der Waals surface area (Å²) in [5.41, 5.74) is -1.46. The van der Waals surface area contributed by atoms with Gasteiger partial charge in [-0.1, -0.05) is 0 Å². The van der Waals surface area contributed by atoms with E-state index in [9.17, 15) is 18.0 Å². The van der Waals surface area contributed by atoms with E-state index in [1.165, 1.54) is 13.8 Å². The first-order valence-electron chi connectivity index (χ1n) is 3.80. The Hall–Kier alpha value is -1.18. The minimum absolute atomic E-state index is 0.165. The lowest BCUT2D eigenvalue weighted by atomic mass is 9.95. The van der Waals surface area contributed by atoms with Crippen LogP contribution in [0.15, 0.2) is 0 Å². The Morgan fingerprint density at radius 2 is 1.93 bits per heavy atom. The van der Waals surface area contributed by atoms with E-state index in [0.717, 1.165) is 0 Å². The molecule has 0 aliphatic rings. The van der Waals surface area contributed by atoms with Crippen LogP contribution in [-0.4, -0.2) is 20.4 Å². The van der Waals surface area contributed by atoms with Crippen LogP contribution in [0.3, 0.4) is 0 Å². The van der Waals surface area contributed by atoms with Crippen molar-refractivity contribution in [1.82, 2.24) is 9.36 Å². The monoisotopic (exact) mass is 240 g/mol. The van der Waals surface area contributed by atoms with Crippen LogP contribution in [0.4, 0.5) is 13.2 Å². The summed E-state index contributed by atoms with van der Waals surface area (Å²) >= 11 is 0.450. The van der Waals surface area contributed by atoms with Crippen LogP contribution < -0.4 is 0 Å². The van der Waals surface area contributed by atoms with E-state index in [1.807, 2.05) is 0 Å². The second-order valence-electron chi connectivity index (χ2n) is 3.35. The maximum atomic E-state index is 12.1. The molecule has 1 aromatic rings. The van der Waals surface area contributed by atoms with Gasteiger partial charge in [0.25, 0.3) is 0 Å². The first-order valence-corrected chi connectivity index (χ1v) is 4.58. The van der Waals surface area contributed by atoms with Crippen LogP contribution in [0, 0.1) is 0 Å².